The van der Waals surface area contributed by atoms with Crippen molar-refractivity contribution in [3.05, 3.63) is 71.6 Å². The molecule has 1 N–H and O–H groups in total. The summed E-state index contributed by atoms with van der Waals surface area (Å²) >= 11 is 0. The Labute approximate surface area is 118 Å². The summed E-state index contributed by atoms with van der Waals surface area (Å²) in [6, 6.07) is 13.4. The second kappa shape index (κ2) is 4.20. The van der Waals surface area contributed by atoms with Crippen molar-refractivity contribution < 1.29 is 4.39 Å². The van der Waals surface area contributed by atoms with Gasteiger partial charge in [-0.15, -0.1) is 0 Å². The zero-order valence-corrected chi connectivity index (χ0v) is 11.2. The average molecular weight is 265 g/mol. The molecular weight excluding hydrogens is 249 g/mol. The molecule has 0 aromatic heterocycles. The number of rotatable bonds is 0. The van der Waals surface area contributed by atoms with Crippen LogP contribution < -0.4 is 5.32 Å². The standard InChI is InChI=1S/C18H16FN/c19-13-8-9-17-15(12-13)18(10-4-1-5-11-18)14-6-2-3-7-16(14)20-17/h2-4,6-10,12,20H,1,5,11H2. The van der Waals surface area contributed by atoms with Gasteiger partial charge in [-0.05, 0) is 54.7 Å². The molecule has 0 saturated carbocycles. The first-order valence-corrected chi connectivity index (χ1v) is 7.14. The molecule has 2 aliphatic rings. The van der Waals surface area contributed by atoms with Crippen molar-refractivity contribution in [3.63, 3.8) is 0 Å². The molecule has 4 rings (SSSR count). The molecule has 0 fully saturated rings. The molecular formula is C18H16FN. The highest BCUT2D eigenvalue weighted by Gasteiger charge is 2.39. The normalized spacial score (nSPS) is 23.1. The molecule has 1 unspecified atom stereocenters. The summed E-state index contributed by atoms with van der Waals surface area (Å²) in [5.74, 6) is -0.164. The van der Waals surface area contributed by atoms with Gasteiger partial charge in [0, 0.05) is 16.8 Å². The lowest BCUT2D eigenvalue weighted by atomic mass is 9.66. The predicted molar refractivity (Wildman–Crippen MR) is 79.9 cm³/mol. The first-order chi connectivity index (χ1) is 9.79. The number of allylic oxidation sites excluding steroid dienone is 2. The number of halogens is 1. The van der Waals surface area contributed by atoms with Crippen LogP contribution in [-0.2, 0) is 5.41 Å². The van der Waals surface area contributed by atoms with Gasteiger partial charge in [-0.1, -0.05) is 30.4 Å². The van der Waals surface area contributed by atoms with Gasteiger partial charge in [0.15, 0.2) is 0 Å². The molecule has 0 radical (unpaired) electrons. The highest BCUT2D eigenvalue weighted by atomic mass is 19.1. The minimum Gasteiger partial charge on any atom is -0.355 e. The molecule has 100 valence electrons. The molecule has 2 heteroatoms. The summed E-state index contributed by atoms with van der Waals surface area (Å²) in [4.78, 5) is 0. The van der Waals surface area contributed by atoms with E-state index in [4.69, 9.17) is 0 Å². The third kappa shape index (κ3) is 1.54. The Balaban J connectivity index is 2.03. The molecule has 1 aliphatic heterocycles. The second-order valence-corrected chi connectivity index (χ2v) is 5.63. The lowest BCUT2D eigenvalue weighted by Crippen LogP contribution is -2.32. The zero-order valence-electron chi connectivity index (χ0n) is 11.2. The first-order valence-electron chi connectivity index (χ1n) is 7.14. The van der Waals surface area contributed by atoms with Crippen LogP contribution in [0.25, 0.3) is 0 Å². The molecule has 1 spiro atoms. The third-order valence-electron chi connectivity index (χ3n) is 4.48. The predicted octanol–water partition coefficient (Wildman–Crippen LogP) is 4.91. The molecule has 2 aromatic rings. The lowest BCUT2D eigenvalue weighted by molar-refractivity contribution is 0.523. The molecule has 1 heterocycles. The number of benzene rings is 2. The molecule has 0 amide bonds. The van der Waals surface area contributed by atoms with Crippen molar-refractivity contribution in [1.29, 1.82) is 0 Å². The Bertz CT molecular complexity index is 704. The van der Waals surface area contributed by atoms with Gasteiger partial charge < -0.3 is 5.32 Å². The van der Waals surface area contributed by atoms with Crippen LogP contribution in [0.15, 0.2) is 54.6 Å². The summed E-state index contributed by atoms with van der Waals surface area (Å²) in [7, 11) is 0. The Morgan fingerprint density at radius 1 is 1.00 bits per heavy atom. The SMILES string of the molecule is Fc1ccc2c(c1)C1(C=CCCC1)c1ccccc1N2. The van der Waals surface area contributed by atoms with E-state index in [-0.39, 0.29) is 11.2 Å². The van der Waals surface area contributed by atoms with E-state index in [0.29, 0.717) is 0 Å². The smallest absolute Gasteiger partial charge is 0.123 e. The number of anilines is 2. The summed E-state index contributed by atoms with van der Waals surface area (Å²) in [5.41, 5.74) is 4.31. The van der Waals surface area contributed by atoms with Gasteiger partial charge in [-0.2, -0.15) is 0 Å². The fourth-order valence-electron chi connectivity index (χ4n) is 3.58. The highest BCUT2D eigenvalue weighted by molar-refractivity contribution is 5.77. The van der Waals surface area contributed by atoms with E-state index in [1.54, 1.807) is 6.07 Å². The Morgan fingerprint density at radius 3 is 2.70 bits per heavy atom. The summed E-state index contributed by atoms with van der Waals surface area (Å²) < 4.78 is 13.8. The molecule has 1 nitrogen and oxygen atoms in total. The van der Waals surface area contributed by atoms with Crippen molar-refractivity contribution in [2.24, 2.45) is 0 Å². The maximum Gasteiger partial charge on any atom is 0.123 e. The van der Waals surface area contributed by atoms with Crippen LogP contribution >= 0.6 is 0 Å². The van der Waals surface area contributed by atoms with E-state index in [0.717, 1.165) is 36.2 Å². The number of nitrogens with one attached hydrogen (secondary N) is 1. The van der Waals surface area contributed by atoms with Gasteiger partial charge in [0.25, 0.3) is 0 Å². The van der Waals surface area contributed by atoms with E-state index in [1.807, 2.05) is 12.1 Å². The molecule has 1 aliphatic carbocycles. The van der Waals surface area contributed by atoms with Gasteiger partial charge in [0.05, 0.1) is 0 Å². The topological polar surface area (TPSA) is 12.0 Å². The van der Waals surface area contributed by atoms with Crippen LogP contribution in [0.5, 0.6) is 0 Å². The van der Waals surface area contributed by atoms with Crippen molar-refractivity contribution in [1.82, 2.24) is 0 Å². The van der Waals surface area contributed by atoms with Crippen molar-refractivity contribution >= 4 is 11.4 Å². The van der Waals surface area contributed by atoms with Crippen LogP contribution in [0, 0.1) is 5.82 Å². The van der Waals surface area contributed by atoms with Crippen LogP contribution in [0.2, 0.25) is 0 Å². The van der Waals surface area contributed by atoms with Gasteiger partial charge in [0.1, 0.15) is 5.82 Å². The van der Waals surface area contributed by atoms with Gasteiger partial charge in [-0.3, -0.25) is 0 Å². The van der Waals surface area contributed by atoms with Gasteiger partial charge in [-0.25, -0.2) is 4.39 Å². The van der Waals surface area contributed by atoms with E-state index in [1.165, 1.54) is 11.6 Å². The molecule has 0 bridgehead atoms. The maximum atomic E-state index is 13.8. The van der Waals surface area contributed by atoms with Crippen LogP contribution in [0.3, 0.4) is 0 Å². The average Bonchev–Trinajstić information content (AvgIpc) is 2.50. The second-order valence-electron chi connectivity index (χ2n) is 5.63. The Morgan fingerprint density at radius 2 is 1.85 bits per heavy atom. The van der Waals surface area contributed by atoms with Crippen LogP contribution in [-0.4, -0.2) is 0 Å². The quantitative estimate of drug-likeness (QED) is 0.667. The molecule has 20 heavy (non-hydrogen) atoms. The van der Waals surface area contributed by atoms with Gasteiger partial charge >= 0.3 is 0 Å². The Hall–Kier alpha value is -2.09. The summed E-state index contributed by atoms with van der Waals surface area (Å²) in [6.45, 7) is 0. The number of fused-ring (bicyclic) bond motifs is 4. The maximum absolute atomic E-state index is 13.8. The number of hydrogen-bond acceptors (Lipinski definition) is 1. The lowest BCUT2D eigenvalue weighted by Gasteiger charge is -2.41. The largest absolute Gasteiger partial charge is 0.355 e. The minimum atomic E-state index is -0.169. The van der Waals surface area contributed by atoms with Gasteiger partial charge in [0.2, 0.25) is 0 Å². The summed E-state index contributed by atoms with van der Waals surface area (Å²) in [5, 5.41) is 3.44. The number of para-hydroxylation sites is 1. The highest BCUT2D eigenvalue weighted by Crippen LogP contribution is 2.50. The molecule has 0 saturated heterocycles. The Kier molecular flexibility index (Phi) is 2.46. The third-order valence-corrected chi connectivity index (χ3v) is 4.48. The monoisotopic (exact) mass is 265 g/mol. The van der Waals surface area contributed by atoms with Crippen molar-refractivity contribution in [2.45, 2.75) is 24.7 Å². The number of hydrogen-bond donors (Lipinski definition) is 1. The van der Waals surface area contributed by atoms with Crippen LogP contribution in [0.4, 0.5) is 15.8 Å². The molecule has 2 aromatic carbocycles. The van der Waals surface area contributed by atoms with Crippen molar-refractivity contribution in [2.75, 3.05) is 5.32 Å². The van der Waals surface area contributed by atoms with E-state index < -0.39 is 0 Å². The fourth-order valence-corrected chi connectivity index (χ4v) is 3.58. The zero-order chi connectivity index (χ0) is 13.6. The van der Waals surface area contributed by atoms with Crippen LogP contribution in [0.1, 0.15) is 30.4 Å². The fraction of sp³-hybridized carbons (Fsp3) is 0.222. The van der Waals surface area contributed by atoms with E-state index in [9.17, 15) is 4.39 Å². The minimum absolute atomic E-state index is 0.164. The van der Waals surface area contributed by atoms with Crippen molar-refractivity contribution in [3.8, 4) is 0 Å². The molecule has 1 atom stereocenters. The van der Waals surface area contributed by atoms with E-state index >= 15 is 0 Å². The summed E-state index contributed by atoms with van der Waals surface area (Å²) in [6.07, 6.45) is 7.80. The van der Waals surface area contributed by atoms with E-state index in [2.05, 4.69) is 35.7 Å². The first kappa shape index (κ1) is 11.7.